The molecule has 0 aromatic heterocycles. The first-order valence-corrected chi connectivity index (χ1v) is 9.87. The van der Waals surface area contributed by atoms with E-state index in [9.17, 15) is 15.0 Å². The van der Waals surface area contributed by atoms with E-state index in [-0.39, 0.29) is 30.0 Å². The second kappa shape index (κ2) is 4.22. The first-order chi connectivity index (χ1) is 12.2. The van der Waals surface area contributed by atoms with Crippen LogP contribution in [0.3, 0.4) is 0 Å². The zero-order valence-corrected chi connectivity index (χ0v) is 15.4. The van der Waals surface area contributed by atoms with Gasteiger partial charge in [-0.3, -0.25) is 0 Å². The lowest BCUT2D eigenvalue weighted by Gasteiger charge is -2.59. The van der Waals surface area contributed by atoms with Crippen LogP contribution >= 0.6 is 0 Å². The summed E-state index contributed by atoms with van der Waals surface area (Å²) in [4.78, 5) is 12.0. The third-order valence-electron chi connectivity index (χ3n) is 8.89. The molecule has 6 rings (SSSR count). The Morgan fingerprint density at radius 2 is 2.00 bits per heavy atom. The molecule has 3 aliphatic heterocycles. The number of hydrogen-bond acceptors (Lipinski definition) is 6. The molecule has 0 aromatic carbocycles. The van der Waals surface area contributed by atoms with Crippen LogP contribution in [0, 0.1) is 17.3 Å². The van der Waals surface area contributed by atoms with E-state index in [0.29, 0.717) is 25.9 Å². The van der Waals surface area contributed by atoms with Crippen molar-refractivity contribution in [3.05, 3.63) is 11.1 Å². The van der Waals surface area contributed by atoms with Crippen LogP contribution in [0.4, 0.5) is 0 Å². The van der Waals surface area contributed by atoms with E-state index in [0.717, 1.165) is 17.6 Å². The number of fused-ring (bicyclic) bond motifs is 4. The van der Waals surface area contributed by atoms with Crippen LogP contribution in [0.2, 0.25) is 0 Å². The molecule has 6 nitrogen and oxygen atoms in total. The molecular formula is C20H26O6. The highest BCUT2D eigenvalue weighted by atomic mass is 16.7. The highest BCUT2D eigenvalue weighted by molar-refractivity contribution is 5.92. The summed E-state index contributed by atoms with van der Waals surface area (Å²) in [6.45, 7) is 6.58. The maximum absolute atomic E-state index is 12.1. The van der Waals surface area contributed by atoms with Crippen LogP contribution in [0.15, 0.2) is 11.1 Å². The molecule has 3 heterocycles. The van der Waals surface area contributed by atoms with Gasteiger partial charge in [0.25, 0.3) is 0 Å². The molecule has 2 N–H and O–H groups in total. The minimum Gasteiger partial charge on any atom is -0.458 e. The summed E-state index contributed by atoms with van der Waals surface area (Å²) < 4.78 is 17.5. The molecule has 6 heteroatoms. The minimum absolute atomic E-state index is 0.0563. The summed E-state index contributed by atoms with van der Waals surface area (Å²) in [6.07, 6.45) is 1.40. The van der Waals surface area contributed by atoms with Crippen LogP contribution < -0.4 is 0 Å². The van der Waals surface area contributed by atoms with Crippen molar-refractivity contribution in [3.8, 4) is 0 Å². The number of rotatable bonds is 1. The third-order valence-corrected chi connectivity index (χ3v) is 8.89. The maximum Gasteiger partial charge on any atom is 0.334 e. The molecule has 6 aliphatic rings. The molecule has 0 bridgehead atoms. The van der Waals surface area contributed by atoms with Gasteiger partial charge < -0.3 is 24.4 Å². The van der Waals surface area contributed by atoms with Crippen LogP contribution in [-0.2, 0) is 19.0 Å². The lowest BCUT2D eigenvalue weighted by Crippen LogP contribution is -2.73. The number of carbonyl (C=O) groups excluding carboxylic acids is 1. The van der Waals surface area contributed by atoms with Gasteiger partial charge in [0.05, 0.1) is 12.2 Å². The van der Waals surface area contributed by atoms with Crippen LogP contribution in [0.5, 0.6) is 0 Å². The smallest absolute Gasteiger partial charge is 0.334 e. The number of cyclic esters (lactones) is 1. The van der Waals surface area contributed by atoms with Crippen molar-refractivity contribution in [2.75, 3.05) is 6.61 Å². The average molecular weight is 362 g/mol. The summed E-state index contributed by atoms with van der Waals surface area (Å²) in [5.41, 5.74) is -1.28. The first kappa shape index (κ1) is 16.0. The summed E-state index contributed by atoms with van der Waals surface area (Å²) in [6, 6.07) is 0. The molecule has 1 spiro atoms. The van der Waals surface area contributed by atoms with Gasteiger partial charge in [-0.1, -0.05) is 20.8 Å². The monoisotopic (exact) mass is 362 g/mol. The average Bonchev–Trinajstić information content (AvgIpc) is 3.45. The molecule has 8 atom stereocenters. The van der Waals surface area contributed by atoms with Gasteiger partial charge in [0.1, 0.15) is 23.9 Å². The molecule has 0 aromatic rings. The molecule has 4 fully saturated rings. The Balaban J connectivity index is 1.48. The number of esters is 1. The Labute approximate surface area is 152 Å². The Bertz CT molecular complexity index is 774. The fraction of sp³-hybridized carbons (Fsp3) is 0.850. The number of ether oxygens (including phenoxy) is 3. The van der Waals surface area contributed by atoms with E-state index < -0.39 is 28.3 Å². The lowest BCUT2D eigenvalue weighted by molar-refractivity contribution is -0.212. The molecule has 26 heavy (non-hydrogen) atoms. The second-order valence-corrected chi connectivity index (χ2v) is 9.77. The van der Waals surface area contributed by atoms with Gasteiger partial charge >= 0.3 is 5.97 Å². The number of aliphatic hydroxyl groups is 2. The van der Waals surface area contributed by atoms with Crippen molar-refractivity contribution in [1.29, 1.82) is 0 Å². The van der Waals surface area contributed by atoms with Crippen molar-refractivity contribution >= 4 is 5.97 Å². The molecule has 8 unspecified atom stereocenters. The van der Waals surface area contributed by atoms with E-state index in [1.165, 1.54) is 0 Å². The SMILES string of the molecule is CC(C)C12OC1CC1(O)C3(C)CCC4=C(COC4=O)C3CC3OC31C2O. The summed E-state index contributed by atoms with van der Waals surface area (Å²) in [5, 5.41) is 23.4. The zero-order chi connectivity index (χ0) is 18.3. The predicted octanol–water partition coefficient (Wildman–Crippen LogP) is 1.09. The fourth-order valence-corrected chi connectivity index (χ4v) is 7.25. The Morgan fingerprint density at radius 3 is 2.73 bits per heavy atom. The van der Waals surface area contributed by atoms with Gasteiger partial charge in [0.2, 0.25) is 0 Å². The van der Waals surface area contributed by atoms with E-state index >= 15 is 0 Å². The Hall–Kier alpha value is -0.950. The van der Waals surface area contributed by atoms with Crippen molar-refractivity contribution in [3.63, 3.8) is 0 Å². The number of hydrogen-bond donors (Lipinski definition) is 2. The highest BCUT2D eigenvalue weighted by Crippen LogP contribution is 2.75. The standard InChI is InChI=1S/C20H26O6/c1-9(2)19-14(25-19)7-18(23)17(3)5-4-10-11(8-24-15(10)21)12(17)6-13-20(18,26-13)16(19)22/h9,12-14,16,22-23H,4-8H2,1-3H3. The molecule has 3 aliphatic carbocycles. The number of aliphatic hydroxyl groups excluding tert-OH is 1. The van der Waals surface area contributed by atoms with Gasteiger partial charge in [-0.15, -0.1) is 0 Å². The molecule has 0 radical (unpaired) electrons. The van der Waals surface area contributed by atoms with Gasteiger partial charge in [-0.25, -0.2) is 4.79 Å². The Morgan fingerprint density at radius 1 is 1.23 bits per heavy atom. The lowest BCUT2D eigenvalue weighted by atomic mass is 9.45. The summed E-state index contributed by atoms with van der Waals surface area (Å²) >= 11 is 0. The highest BCUT2D eigenvalue weighted by Gasteiger charge is 2.90. The molecular weight excluding hydrogens is 336 g/mol. The zero-order valence-electron chi connectivity index (χ0n) is 15.4. The predicted molar refractivity (Wildman–Crippen MR) is 89.1 cm³/mol. The molecule has 2 saturated carbocycles. The van der Waals surface area contributed by atoms with E-state index in [1.807, 2.05) is 0 Å². The van der Waals surface area contributed by atoms with Gasteiger partial charge in [0.15, 0.2) is 5.60 Å². The second-order valence-electron chi connectivity index (χ2n) is 9.77. The number of carbonyl (C=O) groups is 1. The van der Waals surface area contributed by atoms with Crippen LogP contribution in [-0.4, -0.2) is 57.9 Å². The largest absolute Gasteiger partial charge is 0.458 e. The minimum atomic E-state index is -1.16. The van der Waals surface area contributed by atoms with Gasteiger partial charge in [-0.2, -0.15) is 0 Å². The normalized spacial score (nSPS) is 59.1. The van der Waals surface area contributed by atoms with E-state index in [4.69, 9.17) is 14.2 Å². The van der Waals surface area contributed by atoms with Crippen LogP contribution in [0.25, 0.3) is 0 Å². The third kappa shape index (κ3) is 1.35. The quantitative estimate of drug-likeness (QED) is 0.536. The fourth-order valence-electron chi connectivity index (χ4n) is 7.25. The van der Waals surface area contributed by atoms with Crippen molar-refractivity contribution in [2.45, 2.75) is 81.6 Å². The number of epoxide rings is 2. The Kier molecular flexibility index (Phi) is 2.60. The van der Waals surface area contributed by atoms with E-state index in [2.05, 4.69) is 20.8 Å². The molecule has 2 saturated heterocycles. The summed E-state index contributed by atoms with van der Waals surface area (Å²) in [5.74, 6) is 0.0229. The van der Waals surface area contributed by atoms with Crippen molar-refractivity contribution in [2.24, 2.45) is 17.3 Å². The van der Waals surface area contributed by atoms with Gasteiger partial charge in [0, 0.05) is 17.4 Å². The topological polar surface area (TPSA) is 91.8 Å². The maximum atomic E-state index is 12.1. The van der Waals surface area contributed by atoms with Crippen molar-refractivity contribution < 1.29 is 29.2 Å². The first-order valence-electron chi connectivity index (χ1n) is 9.87. The van der Waals surface area contributed by atoms with Crippen molar-refractivity contribution in [1.82, 2.24) is 0 Å². The van der Waals surface area contributed by atoms with Gasteiger partial charge in [-0.05, 0) is 36.7 Å². The van der Waals surface area contributed by atoms with Crippen LogP contribution in [0.1, 0.15) is 46.5 Å². The summed E-state index contributed by atoms with van der Waals surface area (Å²) in [7, 11) is 0. The van der Waals surface area contributed by atoms with E-state index in [1.54, 1.807) is 0 Å². The molecule has 0 amide bonds. The molecule has 142 valence electrons.